The lowest BCUT2D eigenvalue weighted by molar-refractivity contribution is 0.247. The van der Waals surface area contributed by atoms with Gasteiger partial charge in [-0.2, -0.15) is 0 Å². The summed E-state index contributed by atoms with van der Waals surface area (Å²) in [5.74, 6) is 1.68. The molecule has 0 bridgehead atoms. The van der Waals surface area contributed by atoms with Gasteiger partial charge in [0.2, 0.25) is 0 Å². The summed E-state index contributed by atoms with van der Waals surface area (Å²) in [5.41, 5.74) is 0. The van der Waals surface area contributed by atoms with E-state index in [4.69, 9.17) is 21.1 Å². The summed E-state index contributed by atoms with van der Waals surface area (Å²) in [4.78, 5) is 0. The Morgan fingerprint density at radius 2 is 1.44 bits per heavy atom. The van der Waals surface area contributed by atoms with Gasteiger partial charge in [0.1, 0.15) is 11.5 Å². The highest BCUT2D eigenvalue weighted by Crippen LogP contribution is 2.17. The lowest BCUT2D eigenvalue weighted by Crippen LogP contribution is -2.04. The van der Waals surface area contributed by atoms with Crippen molar-refractivity contribution in [3.63, 3.8) is 0 Å². The molecule has 0 aromatic heterocycles. The third-order valence-corrected chi connectivity index (χ3v) is 2.60. The van der Waals surface area contributed by atoms with E-state index in [1.165, 1.54) is 0 Å². The first-order valence-corrected chi connectivity index (χ1v) is 6.28. The Bertz CT molecular complexity index is 471. The molecule has 94 valence electrons. The molecule has 0 radical (unpaired) electrons. The summed E-state index contributed by atoms with van der Waals surface area (Å²) in [5, 5.41) is 0.688. The van der Waals surface area contributed by atoms with Gasteiger partial charge in [-0.3, -0.25) is 0 Å². The Labute approximate surface area is 112 Å². The number of rotatable bonds is 6. The summed E-state index contributed by atoms with van der Waals surface area (Å²) in [6.07, 6.45) is 0.835. The molecule has 0 unspecified atom stereocenters. The van der Waals surface area contributed by atoms with Crippen LogP contribution in [0.4, 0.5) is 0 Å². The number of hydrogen-bond donors (Lipinski definition) is 0. The highest BCUT2D eigenvalue weighted by atomic mass is 35.5. The Hall–Kier alpha value is -1.67. The summed E-state index contributed by atoms with van der Waals surface area (Å²) in [7, 11) is 0. The van der Waals surface area contributed by atoms with Crippen LogP contribution in [0, 0.1) is 0 Å². The number of para-hydroxylation sites is 1. The first-order valence-electron chi connectivity index (χ1n) is 5.91. The first-order chi connectivity index (χ1) is 8.84. The van der Waals surface area contributed by atoms with Crippen molar-refractivity contribution >= 4 is 11.6 Å². The standard InChI is InChI=1S/C15H15ClO2/c16-13-6-4-9-15(12-13)18-11-5-10-17-14-7-2-1-3-8-14/h1-4,6-9,12H,5,10-11H2. The summed E-state index contributed by atoms with van der Waals surface area (Å²) in [6, 6.07) is 17.2. The molecule has 0 aliphatic rings. The molecule has 0 aliphatic heterocycles. The molecule has 0 fully saturated rings. The van der Waals surface area contributed by atoms with E-state index in [-0.39, 0.29) is 0 Å². The van der Waals surface area contributed by atoms with Gasteiger partial charge in [0.15, 0.2) is 0 Å². The molecule has 0 heterocycles. The average molecular weight is 263 g/mol. The van der Waals surface area contributed by atoms with E-state index in [1.807, 2.05) is 48.5 Å². The van der Waals surface area contributed by atoms with E-state index in [0.717, 1.165) is 17.9 Å². The summed E-state index contributed by atoms with van der Waals surface area (Å²) < 4.78 is 11.1. The molecule has 0 spiro atoms. The fourth-order valence-corrected chi connectivity index (χ4v) is 1.69. The van der Waals surface area contributed by atoms with Crippen LogP contribution < -0.4 is 9.47 Å². The number of benzene rings is 2. The second-order valence-corrected chi connectivity index (χ2v) is 4.26. The topological polar surface area (TPSA) is 18.5 Å². The van der Waals surface area contributed by atoms with E-state index in [0.29, 0.717) is 18.2 Å². The molecule has 0 amide bonds. The van der Waals surface area contributed by atoms with Crippen LogP contribution in [-0.4, -0.2) is 13.2 Å². The van der Waals surface area contributed by atoms with Gasteiger partial charge in [0.05, 0.1) is 13.2 Å². The number of hydrogen-bond acceptors (Lipinski definition) is 2. The van der Waals surface area contributed by atoms with E-state index < -0.39 is 0 Å². The van der Waals surface area contributed by atoms with Gasteiger partial charge < -0.3 is 9.47 Å². The molecule has 0 saturated carbocycles. The Balaban J connectivity index is 1.65. The third kappa shape index (κ3) is 4.30. The van der Waals surface area contributed by atoms with E-state index in [2.05, 4.69) is 0 Å². The zero-order valence-corrected chi connectivity index (χ0v) is 10.8. The minimum Gasteiger partial charge on any atom is -0.493 e. The van der Waals surface area contributed by atoms with Gasteiger partial charge in [0.25, 0.3) is 0 Å². The first kappa shape index (κ1) is 12.8. The lowest BCUT2D eigenvalue weighted by atomic mass is 10.3. The molecule has 2 aromatic carbocycles. The molecule has 2 aromatic rings. The monoisotopic (exact) mass is 262 g/mol. The van der Waals surface area contributed by atoms with Gasteiger partial charge in [-0.25, -0.2) is 0 Å². The van der Waals surface area contributed by atoms with Crippen molar-refractivity contribution in [3.05, 3.63) is 59.6 Å². The fraction of sp³-hybridized carbons (Fsp3) is 0.200. The van der Waals surface area contributed by atoms with Crippen molar-refractivity contribution in [3.8, 4) is 11.5 Å². The van der Waals surface area contributed by atoms with Gasteiger partial charge in [-0.1, -0.05) is 35.9 Å². The van der Waals surface area contributed by atoms with Crippen LogP contribution >= 0.6 is 11.6 Å². The van der Waals surface area contributed by atoms with Crippen LogP contribution in [0.25, 0.3) is 0 Å². The van der Waals surface area contributed by atoms with Crippen molar-refractivity contribution < 1.29 is 9.47 Å². The van der Waals surface area contributed by atoms with Crippen LogP contribution in [0.1, 0.15) is 6.42 Å². The quantitative estimate of drug-likeness (QED) is 0.727. The summed E-state index contributed by atoms with van der Waals surface area (Å²) in [6.45, 7) is 1.26. The maximum atomic E-state index is 5.86. The van der Waals surface area contributed by atoms with Crippen LogP contribution in [0.3, 0.4) is 0 Å². The van der Waals surface area contributed by atoms with Gasteiger partial charge in [-0.15, -0.1) is 0 Å². The second-order valence-electron chi connectivity index (χ2n) is 3.82. The minimum atomic E-state index is 0.618. The van der Waals surface area contributed by atoms with Gasteiger partial charge >= 0.3 is 0 Å². The SMILES string of the molecule is Clc1cccc(OCCCOc2ccccc2)c1. The lowest BCUT2D eigenvalue weighted by Gasteiger charge is -2.08. The molecule has 2 nitrogen and oxygen atoms in total. The van der Waals surface area contributed by atoms with Crippen LogP contribution in [0.5, 0.6) is 11.5 Å². The molecule has 2 rings (SSSR count). The Morgan fingerprint density at radius 3 is 2.17 bits per heavy atom. The van der Waals surface area contributed by atoms with E-state index in [9.17, 15) is 0 Å². The van der Waals surface area contributed by atoms with Crippen molar-refractivity contribution in [2.45, 2.75) is 6.42 Å². The molecule has 0 N–H and O–H groups in total. The van der Waals surface area contributed by atoms with Crippen LogP contribution in [0.15, 0.2) is 54.6 Å². The van der Waals surface area contributed by atoms with Crippen LogP contribution in [0.2, 0.25) is 5.02 Å². The number of ether oxygens (including phenoxy) is 2. The molecule has 18 heavy (non-hydrogen) atoms. The molecular formula is C15H15ClO2. The van der Waals surface area contributed by atoms with Crippen molar-refractivity contribution in [1.29, 1.82) is 0 Å². The normalized spacial score (nSPS) is 10.1. The molecule has 0 atom stereocenters. The molecule has 0 aliphatic carbocycles. The highest BCUT2D eigenvalue weighted by Gasteiger charge is 1.96. The van der Waals surface area contributed by atoms with Gasteiger partial charge in [-0.05, 0) is 30.3 Å². The molecule has 3 heteroatoms. The summed E-state index contributed by atoms with van der Waals surface area (Å²) >= 11 is 5.86. The van der Waals surface area contributed by atoms with E-state index >= 15 is 0 Å². The average Bonchev–Trinajstić information content (AvgIpc) is 2.40. The molecule has 0 saturated heterocycles. The second kappa shape index (κ2) is 6.92. The Morgan fingerprint density at radius 1 is 0.778 bits per heavy atom. The zero-order chi connectivity index (χ0) is 12.6. The Kier molecular flexibility index (Phi) is 4.91. The minimum absolute atomic E-state index is 0.618. The largest absolute Gasteiger partial charge is 0.493 e. The molecular weight excluding hydrogens is 248 g/mol. The third-order valence-electron chi connectivity index (χ3n) is 2.37. The van der Waals surface area contributed by atoms with E-state index in [1.54, 1.807) is 6.07 Å². The van der Waals surface area contributed by atoms with Crippen molar-refractivity contribution in [2.24, 2.45) is 0 Å². The zero-order valence-electron chi connectivity index (χ0n) is 10.0. The maximum Gasteiger partial charge on any atom is 0.120 e. The predicted molar refractivity (Wildman–Crippen MR) is 73.5 cm³/mol. The highest BCUT2D eigenvalue weighted by molar-refractivity contribution is 6.30. The number of halogens is 1. The predicted octanol–water partition coefficient (Wildman–Crippen LogP) is 4.19. The fourth-order valence-electron chi connectivity index (χ4n) is 1.51. The van der Waals surface area contributed by atoms with Crippen LogP contribution in [-0.2, 0) is 0 Å². The smallest absolute Gasteiger partial charge is 0.120 e. The van der Waals surface area contributed by atoms with Crippen molar-refractivity contribution in [2.75, 3.05) is 13.2 Å². The van der Waals surface area contributed by atoms with Gasteiger partial charge in [0, 0.05) is 11.4 Å². The maximum absolute atomic E-state index is 5.86. The van der Waals surface area contributed by atoms with Crippen molar-refractivity contribution in [1.82, 2.24) is 0 Å².